The molecule has 1 atom stereocenters. The molecule has 0 spiro atoms. The molecule has 0 bridgehead atoms. The highest BCUT2D eigenvalue weighted by Gasteiger charge is 2.10. The number of nitrogens with one attached hydrogen (secondary N) is 1. The van der Waals surface area contributed by atoms with Crippen LogP contribution in [0.1, 0.15) is 43.6 Å². The normalized spacial score (nSPS) is 12.1. The van der Waals surface area contributed by atoms with Gasteiger partial charge in [0.05, 0.1) is 29.6 Å². The molecule has 4 heteroatoms. The molecule has 0 saturated carbocycles. The second-order valence-corrected chi connectivity index (χ2v) is 4.62. The number of nitriles is 1. The molecule has 0 aliphatic heterocycles. The van der Waals surface area contributed by atoms with Crippen molar-refractivity contribution in [1.29, 1.82) is 5.26 Å². The first-order chi connectivity index (χ1) is 9.24. The van der Waals surface area contributed by atoms with Gasteiger partial charge in [0.25, 0.3) is 0 Å². The lowest BCUT2D eigenvalue weighted by Gasteiger charge is -2.07. The fourth-order valence-electron chi connectivity index (χ4n) is 1.96. The van der Waals surface area contributed by atoms with Crippen molar-refractivity contribution in [3.63, 3.8) is 0 Å². The second kappa shape index (κ2) is 6.17. The van der Waals surface area contributed by atoms with Crippen molar-refractivity contribution in [3.8, 4) is 17.3 Å². The molecule has 1 heterocycles. The monoisotopic (exact) mass is 254 g/mol. The Morgan fingerprint density at radius 1 is 1.37 bits per heavy atom. The van der Waals surface area contributed by atoms with Gasteiger partial charge in [0.1, 0.15) is 5.82 Å². The van der Waals surface area contributed by atoms with Gasteiger partial charge in [0.15, 0.2) is 0 Å². The van der Waals surface area contributed by atoms with Gasteiger partial charge in [-0.2, -0.15) is 5.26 Å². The third-order valence-electron chi connectivity index (χ3n) is 3.14. The molecule has 0 aliphatic carbocycles. The second-order valence-electron chi connectivity index (χ2n) is 4.62. The molecular formula is C15H18N4. The third-order valence-corrected chi connectivity index (χ3v) is 3.14. The summed E-state index contributed by atoms with van der Waals surface area (Å²) in [6.07, 6.45) is 4.98. The van der Waals surface area contributed by atoms with E-state index in [4.69, 9.17) is 11.0 Å². The van der Waals surface area contributed by atoms with Gasteiger partial charge in [-0.15, -0.1) is 0 Å². The molecule has 1 aromatic heterocycles. The number of nitrogens with two attached hydrogens (primary N) is 1. The Morgan fingerprint density at radius 2 is 2.11 bits per heavy atom. The smallest absolute Gasteiger partial charge is 0.123 e. The molecule has 3 N–H and O–H groups in total. The summed E-state index contributed by atoms with van der Waals surface area (Å²) in [5, 5.41) is 8.77. The fraction of sp³-hybridized carbons (Fsp3) is 0.333. The van der Waals surface area contributed by atoms with E-state index in [1.807, 2.05) is 12.1 Å². The molecule has 1 unspecified atom stereocenters. The molecule has 4 nitrogen and oxygen atoms in total. The van der Waals surface area contributed by atoms with Crippen molar-refractivity contribution >= 4 is 0 Å². The van der Waals surface area contributed by atoms with Gasteiger partial charge >= 0.3 is 0 Å². The molecule has 0 radical (unpaired) electrons. The molecule has 19 heavy (non-hydrogen) atoms. The van der Waals surface area contributed by atoms with Crippen LogP contribution in [0.2, 0.25) is 0 Å². The van der Waals surface area contributed by atoms with E-state index in [0.717, 1.165) is 36.3 Å². The lowest BCUT2D eigenvalue weighted by Crippen LogP contribution is -2.11. The summed E-state index contributed by atoms with van der Waals surface area (Å²) in [4.78, 5) is 7.60. The molecule has 0 amide bonds. The van der Waals surface area contributed by atoms with Gasteiger partial charge in [0.2, 0.25) is 0 Å². The van der Waals surface area contributed by atoms with Gasteiger partial charge in [-0.05, 0) is 24.1 Å². The van der Waals surface area contributed by atoms with Crippen molar-refractivity contribution < 1.29 is 0 Å². The Morgan fingerprint density at radius 3 is 2.74 bits per heavy atom. The predicted molar refractivity (Wildman–Crippen MR) is 75.2 cm³/mol. The van der Waals surface area contributed by atoms with E-state index in [1.165, 1.54) is 0 Å². The zero-order valence-electron chi connectivity index (χ0n) is 11.1. The quantitative estimate of drug-likeness (QED) is 0.860. The van der Waals surface area contributed by atoms with E-state index in [0.29, 0.717) is 5.56 Å². The molecule has 2 rings (SSSR count). The van der Waals surface area contributed by atoms with E-state index in [9.17, 15) is 0 Å². The van der Waals surface area contributed by atoms with Crippen molar-refractivity contribution in [2.75, 3.05) is 0 Å². The standard InChI is InChI=1S/C15H18N4/c1-2-3-4-13(17)15-18-10-14(19-15)12-7-5-11(9-16)6-8-12/h5-8,10,13H,2-4,17H2,1H3,(H,18,19). The maximum atomic E-state index is 8.77. The van der Waals surface area contributed by atoms with E-state index in [-0.39, 0.29) is 6.04 Å². The number of imidazole rings is 1. The first-order valence-corrected chi connectivity index (χ1v) is 6.55. The highest BCUT2D eigenvalue weighted by molar-refractivity contribution is 5.59. The summed E-state index contributed by atoms with van der Waals surface area (Å²) in [5.74, 6) is 0.827. The summed E-state index contributed by atoms with van der Waals surface area (Å²) in [5.41, 5.74) is 8.69. The first-order valence-electron chi connectivity index (χ1n) is 6.55. The third kappa shape index (κ3) is 3.21. The predicted octanol–water partition coefficient (Wildman–Crippen LogP) is 3.14. The number of aromatic nitrogens is 2. The Hall–Kier alpha value is -2.12. The minimum absolute atomic E-state index is 0.0351. The number of benzene rings is 1. The number of hydrogen-bond acceptors (Lipinski definition) is 3. The largest absolute Gasteiger partial charge is 0.341 e. The maximum absolute atomic E-state index is 8.77. The summed E-state index contributed by atoms with van der Waals surface area (Å²) >= 11 is 0. The zero-order chi connectivity index (χ0) is 13.7. The van der Waals surface area contributed by atoms with Crippen LogP contribution in [0.5, 0.6) is 0 Å². The molecule has 0 aliphatic rings. The zero-order valence-corrected chi connectivity index (χ0v) is 11.1. The van der Waals surface area contributed by atoms with E-state index >= 15 is 0 Å². The van der Waals surface area contributed by atoms with Crippen LogP contribution in [0.15, 0.2) is 30.5 Å². The van der Waals surface area contributed by atoms with Crippen LogP contribution in [0, 0.1) is 11.3 Å². The number of hydrogen-bond donors (Lipinski definition) is 2. The molecular weight excluding hydrogens is 236 g/mol. The van der Waals surface area contributed by atoms with Crippen LogP contribution in [-0.2, 0) is 0 Å². The molecule has 2 aromatic rings. The van der Waals surface area contributed by atoms with E-state index in [1.54, 1.807) is 18.3 Å². The number of aromatic amines is 1. The summed E-state index contributed by atoms with van der Waals surface area (Å²) in [6.45, 7) is 2.15. The Balaban J connectivity index is 2.13. The lowest BCUT2D eigenvalue weighted by atomic mass is 10.1. The number of rotatable bonds is 5. The molecule has 98 valence electrons. The highest BCUT2D eigenvalue weighted by Crippen LogP contribution is 2.20. The van der Waals surface area contributed by atoms with Crippen molar-refractivity contribution in [2.24, 2.45) is 5.73 Å². The van der Waals surface area contributed by atoms with Gasteiger partial charge in [-0.1, -0.05) is 31.9 Å². The summed E-state index contributed by atoms with van der Waals surface area (Å²) in [6, 6.07) is 9.49. The average Bonchev–Trinajstić information content (AvgIpc) is 2.94. The van der Waals surface area contributed by atoms with Crippen LogP contribution in [0.4, 0.5) is 0 Å². The fourth-order valence-corrected chi connectivity index (χ4v) is 1.96. The first kappa shape index (κ1) is 13.3. The van der Waals surface area contributed by atoms with Crippen LogP contribution in [-0.4, -0.2) is 9.97 Å². The molecule has 0 fully saturated rings. The van der Waals surface area contributed by atoms with Crippen LogP contribution in [0.25, 0.3) is 11.3 Å². The Labute approximate surface area is 113 Å². The van der Waals surface area contributed by atoms with Crippen LogP contribution < -0.4 is 5.73 Å². The maximum Gasteiger partial charge on any atom is 0.123 e. The van der Waals surface area contributed by atoms with Crippen LogP contribution >= 0.6 is 0 Å². The number of H-pyrrole nitrogens is 1. The van der Waals surface area contributed by atoms with Gasteiger partial charge < -0.3 is 10.7 Å². The Bertz CT molecular complexity index is 563. The van der Waals surface area contributed by atoms with Crippen molar-refractivity contribution in [3.05, 3.63) is 41.9 Å². The van der Waals surface area contributed by atoms with Crippen LogP contribution in [0.3, 0.4) is 0 Å². The molecule has 1 aromatic carbocycles. The average molecular weight is 254 g/mol. The summed E-state index contributed by atoms with van der Waals surface area (Å²) in [7, 11) is 0. The minimum atomic E-state index is -0.0351. The SMILES string of the molecule is CCCCC(N)c1ncc(-c2ccc(C#N)cc2)[nH]1. The van der Waals surface area contributed by atoms with Crippen molar-refractivity contribution in [1.82, 2.24) is 9.97 Å². The van der Waals surface area contributed by atoms with Gasteiger partial charge in [-0.25, -0.2) is 4.98 Å². The molecule has 0 saturated heterocycles. The highest BCUT2D eigenvalue weighted by atomic mass is 15.0. The van der Waals surface area contributed by atoms with Gasteiger partial charge in [-0.3, -0.25) is 0 Å². The van der Waals surface area contributed by atoms with E-state index < -0.39 is 0 Å². The van der Waals surface area contributed by atoms with E-state index in [2.05, 4.69) is 23.0 Å². The lowest BCUT2D eigenvalue weighted by molar-refractivity contribution is 0.580. The number of unbranched alkanes of at least 4 members (excludes halogenated alkanes) is 1. The topological polar surface area (TPSA) is 78.5 Å². The minimum Gasteiger partial charge on any atom is -0.341 e. The van der Waals surface area contributed by atoms with Crippen molar-refractivity contribution in [2.45, 2.75) is 32.2 Å². The Kier molecular flexibility index (Phi) is 4.32. The number of nitrogens with zero attached hydrogens (tertiary/aromatic N) is 2. The van der Waals surface area contributed by atoms with Gasteiger partial charge in [0, 0.05) is 0 Å². The summed E-state index contributed by atoms with van der Waals surface area (Å²) < 4.78 is 0.